The summed E-state index contributed by atoms with van der Waals surface area (Å²) in [4.78, 5) is 12.2. The highest BCUT2D eigenvalue weighted by atomic mass is 16.5. The van der Waals surface area contributed by atoms with E-state index in [0.29, 0.717) is 18.9 Å². The van der Waals surface area contributed by atoms with Crippen LogP contribution in [-0.2, 0) is 6.61 Å². The zero-order chi connectivity index (χ0) is 16.9. The van der Waals surface area contributed by atoms with Crippen molar-refractivity contribution in [3.8, 4) is 11.5 Å². The fourth-order valence-corrected chi connectivity index (χ4v) is 1.93. The largest absolute Gasteiger partial charge is 0.507 e. The Labute approximate surface area is 136 Å². The summed E-state index contributed by atoms with van der Waals surface area (Å²) < 4.78 is 5.67. The van der Waals surface area contributed by atoms with Gasteiger partial charge in [-0.25, -0.2) is 0 Å². The summed E-state index contributed by atoms with van der Waals surface area (Å²) in [5.74, 6) is 0.0411. The second-order valence-electron chi connectivity index (χ2n) is 6.12. The van der Waals surface area contributed by atoms with Crippen LogP contribution in [0, 0.1) is 0 Å². The minimum atomic E-state index is -0.521. The lowest BCUT2D eigenvalue weighted by Gasteiger charge is -2.19. The summed E-state index contributed by atoms with van der Waals surface area (Å²) in [6.07, 6.45) is 0. The molecule has 0 atom stereocenters. The van der Waals surface area contributed by atoms with E-state index in [0.717, 1.165) is 5.56 Å². The number of nitrogens with one attached hydrogen (secondary N) is 1. The number of aromatic hydroxyl groups is 1. The van der Waals surface area contributed by atoms with Gasteiger partial charge in [0.15, 0.2) is 0 Å². The number of carbonyl (C=O) groups excluding carboxylic acids is 1. The highest BCUT2D eigenvalue weighted by Crippen LogP contribution is 2.23. The van der Waals surface area contributed by atoms with Crippen LogP contribution >= 0.6 is 0 Å². The van der Waals surface area contributed by atoms with Crippen molar-refractivity contribution in [2.24, 2.45) is 5.73 Å². The molecule has 0 fully saturated rings. The van der Waals surface area contributed by atoms with E-state index < -0.39 is 5.54 Å². The van der Waals surface area contributed by atoms with E-state index in [1.54, 1.807) is 6.07 Å². The highest BCUT2D eigenvalue weighted by Gasteiger charge is 2.16. The van der Waals surface area contributed by atoms with Crippen LogP contribution in [0.25, 0.3) is 0 Å². The lowest BCUT2D eigenvalue weighted by Crippen LogP contribution is -2.45. The molecule has 0 saturated heterocycles. The number of phenols is 1. The molecule has 122 valence electrons. The lowest BCUT2D eigenvalue weighted by atomic mass is 10.1. The summed E-state index contributed by atoms with van der Waals surface area (Å²) in [5, 5.41) is 12.6. The van der Waals surface area contributed by atoms with E-state index in [4.69, 9.17) is 10.5 Å². The van der Waals surface area contributed by atoms with E-state index in [1.165, 1.54) is 12.1 Å². The first-order valence-electron chi connectivity index (χ1n) is 7.42. The van der Waals surface area contributed by atoms with Crippen LogP contribution in [0.1, 0.15) is 29.8 Å². The number of benzene rings is 2. The van der Waals surface area contributed by atoms with E-state index in [1.807, 2.05) is 44.2 Å². The van der Waals surface area contributed by atoms with Gasteiger partial charge in [-0.05, 0) is 37.6 Å². The molecule has 0 aliphatic heterocycles. The van der Waals surface area contributed by atoms with Crippen molar-refractivity contribution in [1.29, 1.82) is 0 Å². The van der Waals surface area contributed by atoms with E-state index in [9.17, 15) is 9.90 Å². The fraction of sp³-hybridized carbons (Fsp3) is 0.278. The van der Waals surface area contributed by atoms with E-state index in [-0.39, 0.29) is 17.2 Å². The Kier molecular flexibility index (Phi) is 5.24. The van der Waals surface area contributed by atoms with Gasteiger partial charge in [0.05, 0.1) is 5.56 Å². The molecule has 2 aromatic rings. The van der Waals surface area contributed by atoms with E-state index >= 15 is 0 Å². The summed E-state index contributed by atoms with van der Waals surface area (Å²) in [5.41, 5.74) is 6.51. The maximum absolute atomic E-state index is 12.2. The molecule has 0 radical (unpaired) electrons. The van der Waals surface area contributed by atoms with Crippen LogP contribution in [-0.4, -0.2) is 23.1 Å². The van der Waals surface area contributed by atoms with Crippen LogP contribution in [0.5, 0.6) is 11.5 Å². The number of nitrogens with two attached hydrogens (primary N) is 1. The van der Waals surface area contributed by atoms with Crippen LogP contribution in [0.3, 0.4) is 0 Å². The maximum atomic E-state index is 12.2. The Hall–Kier alpha value is -2.53. The molecular weight excluding hydrogens is 292 g/mol. The van der Waals surface area contributed by atoms with Gasteiger partial charge in [0.2, 0.25) is 0 Å². The molecule has 4 N–H and O–H groups in total. The molecule has 2 aromatic carbocycles. The Morgan fingerprint density at radius 1 is 1.22 bits per heavy atom. The molecule has 1 amide bonds. The SMILES string of the molecule is CC(C)(N)CNC(=O)c1cc(OCc2ccccc2)ccc1O. The summed E-state index contributed by atoms with van der Waals surface area (Å²) in [6.45, 7) is 4.32. The van der Waals surface area contributed by atoms with Gasteiger partial charge >= 0.3 is 0 Å². The first kappa shape index (κ1) is 16.8. The third-order valence-corrected chi connectivity index (χ3v) is 3.17. The van der Waals surface area contributed by atoms with Gasteiger partial charge in [-0.2, -0.15) is 0 Å². The molecule has 0 spiro atoms. The minimum absolute atomic E-state index is 0.0932. The molecule has 2 rings (SSSR count). The molecule has 0 saturated carbocycles. The first-order chi connectivity index (χ1) is 10.8. The van der Waals surface area contributed by atoms with Crippen molar-refractivity contribution in [2.45, 2.75) is 26.0 Å². The number of hydrogen-bond acceptors (Lipinski definition) is 4. The number of amides is 1. The summed E-state index contributed by atoms with van der Waals surface area (Å²) in [6, 6.07) is 14.3. The highest BCUT2D eigenvalue weighted by molar-refractivity contribution is 5.97. The standard InChI is InChI=1S/C18H22N2O3/c1-18(2,19)12-20-17(22)15-10-14(8-9-16(15)21)23-11-13-6-4-3-5-7-13/h3-10,21H,11-12,19H2,1-2H3,(H,20,22). The van der Waals surface area contributed by atoms with Crippen LogP contribution < -0.4 is 15.8 Å². The van der Waals surface area contributed by atoms with Crippen molar-refractivity contribution in [2.75, 3.05) is 6.54 Å². The van der Waals surface area contributed by atoms with Crippen molar-refractivity contribution >= 4 is 5.91 Å². The monoisotopic (exact) mass is 314 g/mol. The number of rotatable bonds is 6. The molecule has 0 heterocycles. The number of hydrogen-bond donors (Lipinski definition) is 3. The molecule has 5 nitrogen and oxygen atoms in total. The number of carbonyl (C=O) groups is 1. The maximum Gasteiger partial charge on any atom is 0.255 e. The third kappa shape index (κ3) is 5.30. The fourth-order valence-electron chi connectivity index (χ4n) is 1.93. The minimum Gasteiger partial charge on any atom is -0.507 e. The summed E-state index contributed by atoms with van der Waals surface area (Å²) in [7, 11) is 0. The quantitative estimate of drug-likeness (QED) is 0.764. The normalized spacial score (nSPS) is 11.1. The zero-order valence-electron chi connectivity index (χ0n) is 13.4. The Morgan fingerprint density at radius 2 is 1.91 bits per heavy atom. The smallest absolute Gasteiger partial charge is 0.255 e. The molecule has 0 aliphatic carbocycles. The van der Waals surface area contributed by atoms with Gasteiger partial charge in [-0.3, -0.25) is 4.79 Å². The number of ether oxygens (including phenoxy) is 1. The van der Waals surface area contributed by atoms with Gasteiger partial charge in [0, 0.05) is 12.1 Å². The van der Waals surface area contributed by atoms with Crippen LogP contribution in [0.15, 0.2) is 48.5 Å². The first-order valence-corrected chi connectivity index (χ1v) is 7.42. The van der Waals surface area contributed by atoms with Crippen molar-refractivity contribution in [3.05, 3.63) is 59.7 Å². The van der Waals surface area contributed by atoms with Gasteiger partial charge in [0.1, 0.15) is 18.1 Å². The second-order valence-corrected chi connectivity index (χ2v) is 6.12. The molecule has 0 aromatic heterocycles. The van der Waals surface area contributed by atoms with Crippen molar-refractivity contribution in [1.82, 2.24) is 5.32 Å². The van der Waals surface area contributed by atoms with E-state index in [2.05, 4.69) is 5.32 Å². The third-order valence-electron chi connectivity index (χ3n) is 3.17. The second kappa shape index (κ2) is 7.15. The zero-order valence-corrected chi connectivity index (χ0v) is 13.4. The Bertz CT molecular complexity index is 664. The van der Waals surface area contributed by atoms with Crippen molar-refractivity contribution in [3.63, 3.8) is 0 Å². The molecular formula is C18H22N2O3. The van der Waals surface area contributed by atoms with Crippen LogP contribution in [0.2, 0.25) is 0 Å². The number of phenolic OH excluding ortho intramolecular Hbond substituents is 1. The molecule has 0 bridgehead atoms. The van der Waals surface area contributed by atoms with Gasteiger partial charge < -0.3 is 20.9 Å². The predicted molar refractivity (Wildman–Crippen MR) is 89.5 cm³/mol. The van der Waals surface area contributed by atoms with Crippen molar-refractivity contribution < 1.29 is 14.6 Å². The predicted octanol–water partition coefficient (Wildman–Crippen LogP) is 2.44. The Balaban J connectivity index is 2.05. The lowest BCUT2D eigenvalue weighted by molar-refractivity contribution is 0.0943. The topological polar surface area (TPSA) is 84.6 Å². The van der Waals surface area contributed by atoms with Gasteiger partial charge in [-0.15, -0.1) is 0 Å². The molecule has 0 unspecified atom stereocenters. The average Bonchev–Trinajstić information content (AvgIpc) is 2.52. The Morgan fingerprint density at radius 3 is 2.57 bits per heavy atom. The molecule has 23 heavy (non-hydrogen) atoms. The van der Waals surface area contributed by atoms with Gasteiger partial charge in [0.25, 0.3) is 5.91 Å². The molecule has 0 aliphatic rings. The van der Waals surface area contributed by atoms with Crippen LogP contribution in [0.4, 0.5) is 0 Å². The molecule has 5 heteroatoms. The average molecular weight is 314 g/mol. The summed E-state index contributed by atoms with van der Waals surface area (Å²) >= 11 is 0. The van der Waals surface area contributed by atoms with Gasteiger partial charge in [-0.1, -0.05) is 30.3 Å².